The molecule has 2 aromatic rings. The summed E-state index contributed by atoms with van der Waals surface area (Å²) in [6, 6.07) is 5.03. The maximum absolute atomic E-state index is 14.2. The van der Waals surface area contributed by atoms with Crippen LogP contribution < -0.4 is 10.9 Å². The van der Waals surface area contributed by atoms with E-state index in [0.717, 1.165) is 0 Å². The van der Waals surface area contributed by atoms with Gasteiger partial charge in [-0.25, -0.2) is 9.49 Å². The molecule has 9 nitrogen and oxygen atoms in total. The third-order valence-corrected chi connectivity index (χ3v) is 7.86. The van der Waals surface area contributed by atoms with Crippen molar-refractivity contribution in [1.82, 2.24) is 20.4 Å². The lowest BCUT2D eigenvalue weighted by Crippen LogP contribution is -2.56. The van der Waals surface area contributed by atoms with Gasteiger partial charge in [0.05, 0.1) is 29.4 Å². The minimum absolute atomic E-state index is 0.0446. The quantitative estimate of drug-likeness (QED) is 0.453. The number of allylic oxidation sites excluding steroid dienone is 3. The highest BCUT2D eigenvalue weighted by atomic mass is 19.1. The van der Waals surface area contributed by atoms with Crippen molar-refractivity contribution in [1.29, 1.82) is 0 Å². The molecule has 1 aromatic carbocycles. The van der Waals surface area contributed by atoms with Gasteiger partial charge in [-0.1, -0.05) is 13.0 Å². The van der Waals surface area contributed by atoms with Gasteiger partial charge < -0.3 is 15.3 Å². The van der Waals surface area contributed by atoms with Crippen molar-refractivity contribution in [2.45, 2.75) is 71.6 Å². The van der Waals surface area contributed by atoms with Crippen LogP contribution in [0, 0.1) is 19.3 Å². The summed E-state index contributed by atoms with van der Waals surface area (Å²) in [4.78, 5) is 53.2. The third kappa shape index (κ3) is 5.82. The Balaban J connectivity index is 1.50. The Kier molecular flexibility index (Phi) is 7.94. The van der Waals surface area contributed by atoms with Gasteiger partial charge in [-0.05, 0) is 88.9 Å². The summed E-state index contributed by atoms with van der Waals surface area (Å²) in [5, 5.41) is 19.6. The predicted octanol–water partition coefficient (Wildman–Crippen LogP) is 3.30. The second-order valence-corrected chi connectivity index (χ2v) is 11.5. The second-order valence-electron chi connectivity index (χ2n) is 11.5. The molecule has 3 atom stereocenters. The zero-order valence-electron chi connectivity index (χ0n) is 23.4. The Morgan fingerprint density at radius 1 is 1.20 bits per heavy atom. The molecule has 1 aromatic heterocycles. The number of aromatic nitrogens is 2. The summed E-state index contributed by atoms with van der Waals surface area (Å²) in [5.74, 6) is -1.73. The summed E-state index contributed by atoms with van der Waals surface area (Å²) in [5.41, 5.74) is -0.984. The number of aromatic amines is 1. The van der Waals surface area contributed by atoms with E-state index < -0.39 is 34.3 Å². The minimum atomic E-state index is -1.19. The van der Waals surface area contributed by atoms with Gasteiger partial charge in [0.1, 0.15) is 5.83 Å². The molecule has 1 saturated heterocycles. The standard InChI is InChI=1S/C30H35FN4O5/c1-17-13-19(8-9-21(17)26(37)22-14-18(2)33-34-28(22)39)27(38)32-16-25(36)35-23(29(3,4)40)10-11-24(35)30(5)12-6-7-20(31)15-30/h6-9,13-15,23-24,40H,10-12,16H2,1-5H3,(H,32,38)(H,34,39)/t23-,24+,30?/m1/s1. The fourth-order valence-electron chi connectivity index (χ4n) is 5.81. The van der Waals surface area contributed by atoms with Crippen molar-refractivity contribution >= 4 is 17.6 Å². The van der Waals surface area contributed by atoms with Gasteiger partial charge in [0.25, 0.3) is 11.5 Å². The van der Waals surface area contributed by atoms with E-state index in [4.69, 9.17) is 0 Å². The maximum atomic E-state index is 14.2. The van der Waals surface area contributed by atoms with Gasteiger partial charge in [-0.2, -0.15) is 5.10 Å². The number of nitrogens with one attached hydrogen (secondary N) is 2. The fourth-order valence-corrected chi connectivity index (χ4v) is 5.81. The van der Waals surface area contributed by atoms with Gasteiger partial charge in [-0.15, -0.1) is 0 Å². The van der Waals surface area contributed by atoms with Gasteiger partial charge >= 0.3 is 0 Å². The van der Waals surface area contributed by atoms with Crippen molar-refractivity contribution < 1.29 is 23.9 Å². The molecule has 3 N–H and O–H groups in total. The number of rotatable bonds is 7. The van der Waals surface area contributed by atoms with E-state index in [0.29, 0.717) is 30.5 Å². The van der Waals surface area contributed by atoms with Crippen molar-refractivity contribution in [2.24, 2.45) is 5.41 Å². The number of ketones is 1. The van der Waals surface area contributed by atoms with Crippen LogP contribution in [-0.4, -0.2) is 62.0 Å². The highest BCUT2D eigenvalue weighted by Crippen LogP contribution is 2.45. The highest BCUT2D eigenvalue weighted by molar-refractivity contribution is 6.10. The Labute approximate surface area is 232 Å². The molecule has 1 unspecified atom stereocenters. The number of carbonyl (C=O) groups is 3. The summed E-state index contributed by atoms with van der Waals surface area (Å²) >= 11 is 0. The molecule has 212 valence electrons. The number of carbonyl (C=O) groups excluding carboxylic acids is 3. The monoisotopic (exact) mass is 550 g/mol. The highest BCUT2D eigenvalue weighted by Gasteiger charge is 2.50. The van der Waals surface area contributed by atoms with Crippen LogP contribution in [0.1, 0.15) is 77.6 Å². The Bertz CT molecular complexity index is 1470. The topological polar surface area (TPSA) is 132 Å². The number of hydrogen-bond acceptors (Lipinski definition) is 6. The Morgan fingerprint density at radius 3 is 2.58 bits per heavy atom. The first-order chi connectivity index (χ1) is 18.7. The average Bonchev–Trinajstić information content (AvgIpc) is 3.35. The van der Waals surface area contributed by atoms with Crippen LogP contribution >= 0.6 is 0 Å². The van der Waals surface area contributed by atoms with Crippen molar-refractivity contribution in [3.05, 3.63) is 86.6 Å². The summed E-state index contributed by atoms with van der Waals surface area (Å²) in [6.07, 6.45) is 6.40. The van der Waals surface area contributed by atoms with E-state index in [-0.39, 0.29) is 41.0 Å². The third-order valence-electron chi connectivity index (χ3n) is 7.86. The molecule has 10 heteroatoms. The Hall–Kier alpha value is -3.92. The van der Waals surface area contributed by atoms with Crippen LogP contribution in [0.25, 0.3) is 0 Å². The molecule has 40 heavy (non-hydrogen) atoms. The van der Waals surface area contributed by atoms with Crippen LogP contribution in [0.3, 0.4) is 0 Å². The van der Waals surface area contributed by atoms with Crippen molar-refractivity contribution in [3.63, 3.8) is 0 Å². The smallest absolute Gasteiger partial charge is 0.275 e. The SMILES string of the molecule is Cc1cc(C(=O)c2ccc(C(=O)NCC(=O)N3[C@H](C4(C)C=C(F)C=CC4)CC[C@@H]3C(C)(C)O)cc2C)c(=O)[nH]n1. The number of aryl methyl sites for hydroxylation is 2. The lowest BCUT2D eigenvalue weighted by atomic mass is 9.75. The van der Waals surface area contributed by atoms with Crippen LogP contribution in [0.2, 0.25) is 0 Å². The largest absolute Gasteiger partial charge is 0.388 e. The Morgan fingerprint density at radius 2 is 1.93 bits per heavy atom. The molecule has 2 heterocycles. The van der Waals surface area contributed by atoms with Crippen LogP contribution in [0.4, 0.5) is 4.39 Å². The number of aliphatic hydroxyl groups is 1. The second kappa shape index (κ2) is 10.9. The van der Waals surface area contributed by atoms with E-state index in [1.165, 1.54) is 36.4 Å². The molecule has 1 aliphatic heterocycles. The number of halogens is 1. The molecule has 0 spiro atoms. The van der Waals surface area contributed by atoms with Crippen LogP contribution in [0.5, 0.6) is 0 Å². The molecule has 0 bridgehead atoms. The van der Waals surface area contributed by atoms with Gasteiger partial charge in [0, 0.05) is 22.6 Å². The maximum Gasteiger partial charge on any atom is 0.275 e. The number of hydrogen-bond donors (Lipinski definition) is 3. The van der Waals surface area contributed by atoms with Crippen LogP contribution in [0.15, 0.2) is 53.1 Å². The van der Waals surface area contributed by atoms with E-state index in [1.54, 1.807) is 38.7 Å². The summed E-state index contributed by atoms with van der Waals surface area (Å²) in [7, 11) is 0. The first-order valence-corrected chi connectivity index (χ1v) is 13.3. The fraction of sp³-hybridized carbons (Fsp3) is 0.433. The molecular formula is C30H35FN4O5. The predicted molar refractivity (Wildman–Crippen MR) is 148 cm³/mol. The molecule has 4 rings (SSSR count). The van der Waals surface area contributed by atoms with Crippen molar-refractivity contribution in [3.8, 4) is 0 Å². The zero-order chi connectivity index (χ0) is 29.4. The van der Waals surface area contributed by atoms with Crippen LogP contribution in [-0.2, 0) is 4.79 Å². The van der Waals surface area contributed by atoms with Gasteiger partial charge in [0.2, 0.25) is 5.91 Å². The lowest BCUT2D eigenvalue weighted by molar-refractivity contribution is -0.140. The molecule has 0 radical (unpaired) electrons. The lowest BCUT2D eigenvalue weighted by Gasteiger charge is -2.43. The summed E-state index contributed by atoms with van der Waals surface area (Å²) < 4.78 is 14.2. The normalized spacial score (nSPS) is 22.7. The number of amides is 2. The number of benzene rings is 1. The number of likely N-dealkylation sites (tertiary alicyclic amines) is 1. The van der Waals surface area contributed by atoms with Gasteiger partial charge in [-0.3, -0.25) is 19.2 Å². The van der Waals surface area contributed by atoms with E-state index in [9.17, 15) is 28.7 Å². The minimum Gasteiger partial charge on any atom is -0.388 e. The molecule has 1 fully saturated rings. The van der Waals surface area contributed by atoms with Gasteiger partial charge in [0.15, 0.2) is 5.78 Å². The first kappa shape index (κ1) is 29.1. The summed E-state index contributed by atoms with van der Waals surface area (Å²) in [6.45, 7) is 8.19. The van der Waals surface area contributed by atoms with E-state index >= 15 is 0 Å². The molecule has 2 aliphatic rings. The average molecular weight is 551 g/mol. The number of nitrogens with zero attached hydrogens (tertiary/aromatic N) is 2. The van der Waals surface area contributed by atoms with E-state index in [2.05, 4.69) is 15.5 Å². The molecular weight excluding hydrogens is 515 g/mol. The number of H-pyrrole nitrogens is 1. The van der Waals surface area contributed by atoms with Crippen molar-refractivity contribution in [2.75, 3.05) is 6.54 Å². The zero-order valence-corrected chi connectivity index (χ0v) is 23.4. The first-order valence-electron chi connectivity index (χ1n) is 13.3. The molecule has 1 aliphatic carbocycles. The molecule has 0 saturated carbocycles. The van der Waals surface area contributed by atoms with E-state index in [1.807, 2.05) is 6.92 Å². The molecule has 2 amide bonds.